The fourth-order valence-electron chi connectivity index (χ4n) is 3.34. The van der Waals surface area contributed by atoms with Gasteiger partial charge in [0.05, 0.1) is 25.5 Å². The normalized spacial score (nSPS) is 14.5. The van der Waals surface area contributed by atoms with Crippen LogP contribution in [0.4, 0.5) is 4.39 Å². The molecule has 164 valence electrons. The molecule has 31 heavy (non-hydrogen) atoms. The van der Waals surface area contributed by atoms with Gasteiger partial charge in [-0.05, 0) is 37.1 Å². The van der Waals surface area contributed by atoms with Crippen molar-refractivity contribution in [2.24, 2.45) is 11.0 Å². The van der Waals surface area contributed by atoms with Gasteiger partial charge in [-0.3, -0.25) is 9.59 Å². The van der Waals surface area contributed by atoms with E-state index in [2.05, 4.69) is 10.5 Å². The van der Waals surface area contributed by atoms with E-state index in [0.29, 0.717) is 43.0 Å². The first-order valence-electron chi connectivity index (χ1n) is 9.72. The molecule has 0 aromatic heterocycles. The Balaban J connectivity index is 1.56. The molecule has 3 rings (SSSR count). The summed E-state index contributed by atoms with van der Waals surface area (Å²) < 4.78 is 24.2. The van der Waals surface area contributed by atoms with E-state index in [1.165, 1.54) is 32.6 Å². The zero-order chi connectivity index (χ0) is 22.4. The van der Waals surface area contributed by atoms with Gasteiger partial charge in [-0.1, -0.05) is 17.7 Å². The minimum atomic E-state index is -0.522. The first-order chi connectivity index (χ1) is 14.9. The number of carbonyl (C=O) groups excluding carboxylic acids is 2. The van der Waals surface area contributed by atoms with Crippen molar-refractivity contribution in [1.82, 2.24) is 10.3 Å². The number of piperidine rings is 1. The molecule has 0 unspecified atom stereocenters. The number of amides is 2. The Labute approximate surface area is 184 Å². The molecule has 1 heterocycles. The highest BCUT2D eigenvalue weighted by molar-refractivity contribution is 6.33. The van der Waals surface area contributed by atoms with Crippen LogP contribution in [-0.2, 0) is 4.79 Å². The largest absolute Gasteiger partial charge is 0.497 e. The van der Waals surface area contributed by atoms with Gasteiger partial charge in [-0.2, -0.15) is 5.10 Å². The first kappa shape index (κ1) is 22.6. The van der Waals surface area contributed by atoms with Crippen LogP contribution >= 0.6 is 11.6 Å². The molecule has 1 N–H and O–H groups in total. The molecule has 1 aliphatic heterocycles. The van der Waals surface area contributed by atoms with Crippen molar-refractivity contribution in [2.45, 2.75) is 12.8 Å². The Kier molecular flexibility index (Phi) is 7.46. The zero-order valence-corrected chi connectivity index (χ0v) is 18.0. The van der Waals surface area contributed by atoms with E-state index in [9.17, 15) is 14.0 Å². The molecule has 0 radical (unpaired) electrons. The lowest BCUT2D eigenvalue weighted by atomic mass is 9.95. The minimum Gasteiger partial charge on any atom is -0.497 e. The Morgan fingerprint density at radius 3 is 2.39 bits per heavy atom. The number of hydrogen-bond acceptors (Lipinski definition) is 5. The number of benzene rings is 2. The summed E-state index contributed by atoms with van der Waals surface area (Å²) in [6.07, 6.45) is 2.17. The predicted molar refractivity (Wildman–Crippen MR) is 115 cm³/mol. The third kappa shape index (κ3) is 5.52. The number of halogens is 2. The Morgan fingerprint density at radius 1 is 1.16 bits per heavy atom. The zero-order valence-electron chi connectivity index (χ0n) is 17.2. The molecule has 1 aliphatic rings. The molecule has 0 saturated carbocycles. The Bertz CT molecular complexity index is 948. The third-order valence-corrected chi connectivity index (χ3v) is 5.45. The van der Waals surface area contributed by atoms with Gasteiger partial charge in [0, 0.05) is 36.2 Å². The summed E-state index contributed by atoms with van der Waals surface area (Å²) >= 11 is 5.93. The number of nitrogens with one attached hydrogen (secondary N) is 1. The van der Waals surface area contributed by atoms with Crippen LogP contribution in [-0.4, -0.2) is 50.2 Å². The second kappa shape index (κ2) is 10.3. The van der Waals surface area contributed by atoms with Gasteiger partial charge < -0.3 is 14.4 Å². The Hall–Kier alpha value is -3.13. The van der Waals surface area contributed by atoms with Crippen LogP contribution in [0.3, 0.4) is 0 Å². The van der Waals surface area contributed by atoms with E-state index in [0.717, 1.165) is 0 Å². The van der Waals surface area contributed by atoms with Gasteiger partial charge in [-0.15, -0.1) is 0 Å². The fraction of sp³-hybridized carbons (Fsp3) is 0.318. The predicted octanol–water partition coefficient (Wildman–Crippen LogP) is 3.50. The van der Waals surface area contributed by atoms with Crippen molar-refractivity contribution in [3.8, 4) is 11.5 Å². The number of nitrogens with zero attached hydrogens (tertiary/aromatic N) is 2. The van der Waals surface area contributed by atoms with E-state index in [4.69, 9.17) is 21.1 Å². The van der Waals surface area contributed by atoms with Crippen molar-refractivity contribution in [1.29, 1.82) is 0 Å². The lowest BCUT2D eigenvalue weighted by Gasteiger charge is -2.31. The standard InChI is InChI=1S/C22H23ClFN3O4/c1-30-16-10-15(11-17(12-16)31-2)22(29)27-8-6-14(7-9-27)21(28)26-25-13-18-19(23)4-3-5-20(18)24/h3-5,10-14H,6-9H2,1-2H3,(H,26,28). The molecule has 1 saturated heterocycles. The van der Waals surface area contributed by atoms with Crippen LogP contribution in [0, 0.1) is 11.7 Å². The monoisotopic (exact) mass is 447 g/mol. The van der Waals surface area contributed by atoms with Crippen LogP contribution in [0.5, 0.6) is 11.5 Å². The van der Waals surface area contributed by atoms with E-state index < -0.39 is 5.82 Å². The lowest BCUT2D eigenvalue weighted by Crippen LogP contribution is -2.42. The summed E-state index contributed by atoms with van der Waals surface area (Å²) in [5, 5.41) is 4.03. The maximum atomic E-state index is 13.7. The molecule has 0 aliphatic carbocycles. The summed E-state index contributed by atoms with van der Waals surface area (Å²) in [5.74, 6) is -0.180. The van der Waals surface area contributed by atoms with Crippen molar-refractivity contribution in [3.05, 3.63) is 58.4 Å². The van der Waals surface area contributed by atoms with Crippen molar-refractivity contribution < 1.29 is 23.5 Å². The topological polar surface area (TPSA) is 80.2 Å². The number of likely N-dealkylation sites (tertiary alicyclic amines) is 1. The molecule has 2 aromatic carbocycles. The number of ether oxygens (including phenoxy) is 2. The lowest BCUT2D eigenvalue weighted by molar-refractivity contribution is -0.126. The van der Waals surface area contributed by atoms with E-state index in [1.54, 1.807) is 29.2 Å². The first-order valence-corrected chi connectivity index (χ1v) is 10.1. The quantitative estimate of drug-likeness (QED) is 0.543. The number of methoxy groups -OCH3 is 2. The SMILES string of the molecule is COc1cc(OC)cc(C(=O)N2CCC(C(=O)NN=Cc3c(F)cccc3Cl)CC2)c1. The highest BCUT2D eigenvalue weighted by atomic mass is 35.5. The number of hydrazone groups is 1. The summed E-state index contributed by atoms with van der Waals surface area (Å²) in [6, 6.07) is 9.31. The van der Waals surface area contributed by atoms with Gasteiger partial charge in [-0.25, -0.2) is 9.82 Å². The molecule has 9 heteroatoms. The molecular formula is C22H23ClFN3O4. The summed E-state index contributed by atoms with van der Waals surface area (Å²) in [6.45, 7) is 0.860. The molecule has 2 aromatic rings. The van der Waals surface area contributed by atoms with E-state index >= 15 is 0 Å². The maximum Gasteiger partial charge on any atom is 0.254 e. The summed E-state index contributed by atoms with van der Waals surface area (Å²) in [7, 11) is 3.05. The van der Waals surface area contributed by atoms with Crippen LogP contribution < -0.4 is 14.9 Å². The smallest absolute Gasteiger partial charge is 0.254 e. The van der Waals surface area contributed by atoms with Crippen LogP contribution in [0.2, 0.25) is 5.02 Å². The molecule has 0 bridgehead atoms. The van der Waals surface area contributed by atoms with Gasteiger partial charge in [0.15, 0.2) is 0 Å². The molecule has 2 amide bonds. The molecule has 7 nitrogen and oxygen atoms in total. The average Bonchev–Trinajstić information content (AvgIpc) is 2.80. The van der Waals surface area contributed by atoms with Gasteiger partial charge in [0.25, 0.3) is 5.91 Å². The maximum absolute atomic E-state index is 13.7. The summed E-state index contributed by atoms with van der Waals surface area (Å²) in [4.78, 5) is 26.9. The number of carbonyl (C=O) groups is 2. The summed E-state index contributed by atoms with van der Waals surface area (Å²) in [5.41, 5.74) is 3.00. The van der Waals surface area contributed by atoms with Crippen LogP contribution in [0.15, 0.2) is 41.5 Å². The molecular weight excluding hydrogens is 425 g/mol. The second-order valence-corrected chi connectivity index (χ2v) is 7.44. The van der Waals surface area contributed by atoms with Crippen LogP contribution in [0.25, 0.3) is 0 Å². The van der Waals surface area contributed by atoms with E-state index in [1.807, 2.05) is 0 Å². The molecule has 1 fully saturated rings. The van der Waals surface area contributed by atoms with E-state index in [-0.39, 0.29) is 28.3 Å². The Morgan fingerprint density at radius 2 is 1.81 bits per heavy atom. The van der Waals surface area contributed by atoms with Gasteiger partial charge >= 0.3 is 0 Å². The highest BCUT2D eigenvalue weighted by Crippen LogP contribution is 2.25. The number of hydrogen-bond donors (Lipinski definition) is 1. The highest BCUT2D eigenvalue weighted by Gasteiger charge is 2.28. The van der Waals surface area contributed by atoms with Gasteiger partial charge in [0.2, 0.25) is 5.91 Å². The van der Waals surface area contributed by atoms with Crippen LogP contribution in [0.1, 0.15) is 28.8 Å². The van der Waals surface area contributed by atoms with Crippen molar-refractivity contribution in [3.63, 3.8) is 0 Å². The van der Waals surface area contributed by atoms with Gasteiger partial charge in [0.1, 0.15) is 17.3 Å². The van der Waals surface area contributed by atoms with Crippen molar-refractivity contribution >= 4 is 29.6 Å². The van der Waals surface area contributed by atoms with Crippen molar-refractivity contribution in [2.75, 3.05) is 27.3 Å². The molecule has 0 spiro atoms. The fourth-order valence-corrected chi connectivity index (χ4v) is 3.56. The minimum absolute atomic E-state index is 0.110. The number of rotatable bonds is 6. The third-order valence-electron chi connectivity index (χ3n) is 5.12. The second-order valence-electron chi connectivity index (χ2n) is 7.04. The molecule has 0 atom stereocenters. The average molecular weight is 448 g/mol.